The van der Waals surface area contributed by atoms with Crippen LogP contribution in [0.4, 0.5) is 0 Å². The van der Waals surface area contributed by atoms with Crippen molar-refractivity contribution < 1.29 is 0 Å². The Labute approximate surface area is 165 Å². The van der Waals surface area contributed by atoms with Crippen LogP contribution in [0.15, 0.2) is 67.0 Å². The first-order chi connectivity index (χ1) is 13.8. The Morgan fingerprint density at radius 1 is 0.929 bits per heavy atom. The van der Waals surface area contributed by atoms with E-state index in [1.807, 2.05) is 18.5 Å². The Hall–Kier alpha value is -3.20. The number of allylic oxidation sites excluding steroid dienone is 1. The molecule has 3 heteroatoms. The second kappa shape index (κ2) is 7.43. The van der Waals surface area contributed by atoms with Crippen LogP contribution in [0.1, 0.15) is 33.8 Å². The normalized spacial score (nSPS) is 12.6. The van der Waals surface area contributed by atoms with Gasteiger partial charge in [0.2, 0.25) is 0 Å². The molecule has 0 amide bonds. The van der Waals surface area contributed by atoms with Crippen molar-refractivity contribution in [2.24, 2.45) is 0 Å². The first-order valence-electron chi connectivity index (χ1n) is 9.99. The lowest BCUT2D eigenvalue weighted by Gasteiger charge is -2.07. The lowest BCUT2D eigenvalue weighted by molar-refractivity contribution is 0.816. The molecule has 0 radical (unpaired) electrons. The lowest BCUT2D eigenvalue weighted by Crippen LogP contribution is -2.03. The van der Waals surface area contributed by atoms with Crippen molar-refractivity contribution in [1.29, 1.82) is 0 Å². The smallest absolute Gasteiger partial charge is 0.128 e. The van der Waals surface area contributed by atoms with Gasteiger partial charge in [0, 0.05) is 35.4 Å². The van der Waals surface area contributed by atoms with Gasteiger partial charge in [-0.15, -0.1) is 0 Å². The van der Waals surface area contributed by atoms with E-state index in [1.165, 1.54) is 33.2 Å². The van der Waals surface area contributed by atoms with Gasteiger partial charge in [-0.2, -0.15) is 0 Å². The molecule has 3 nitrogen and oxygen atoms in total. The van der Waals surface area contributed by atoms with Crippen LogP contribution in [0.25, 0.3) is 17.0 Å². The summed E-state index contributed by atoms with van der Waals surface area (Å²) in [5.41, 5.74) is 7.85. The summed E-state index contributed by atoms with van der Waals surface area (Å²) < 4.78 is 0. The van der Waals surface area contributed by atoms with Crippen LogP contribution < -0.4 is 0 Å². The maximum atomic E-state index is 4.81. The van der Waals surface area contributed by atoms with E-state index in [4.69, 9.17) is 4.98 Å². The fraction of sp³-hybridized carbons (Fsp3) is 0.200. The average molecular weight is 365 g/mol. The number of hydrogen-bond acceptors (Lipinski definition) is 2. The SMILES string of the molecule is C1=Cc2cc(CCc3ccnc(CCc4cccc5[nH]ccc45)n3)ccc2C1. The van der Waals surface area contributed by atoms with Gasteiger partial charge in [0.05, 0.1) is 0 Å². The Morgan fingerprint density at radius 2 is 1.93 bits per heavy atom. The highest BCUT2D eigenvalue weighted by atomic mass is 14.9. The molecule has 0 unspecified atom stereocenters. The van der Waals surface area contributed by atoms with Gasteiger partial charge in [0.15, 0.2) is 0 Å². The molecule has 0 spiro atoms. The van der Waals surface area contributed by atoms with Gasteiger partial charge in [0.1, 0.15) is 5.82 Å². The molecule has 0 saturated carbocycles. The van der Waals surface area contributed by atoms with E-state index < -0.39 is 0 Å². The predicted molar refractivity (Wildman–Crippen MR) is 114 cm³/mol. The number of aromatic nitrogens is 3. The molecule has 0 atom stereocenters. The summed E-state index contributed by atoms with van der Waals surface area (Å²) in [7, 11) is 0. The van der Waals surface area contributed by atoms with Crippen molar-refractivity contribution in [3.05, 3.63) is 101 Å². The molecule has 138 valence electrons. The van der Waals surface area contributed by atoms with Gasteiger partial charge in [-0.3, -0.25) is 0 Å². The largest absolute Gasteiger partial charge is 0.361 e. The van der Waals surface area contributed by atoms with Gasteiger partial charge in [0.25, 0.3) is 0 Å². The fourth-order valence-electron chi connectivity index (χ4n) is 4.04. The Morgan fingerprint density at radius 3 is 2.93 bits per heavy atom. The average Bonchev–Trinajstić information content (AvgIpc) is 3.40. The van der Waals surface area contributed by atoms with E-state index in [1.54, 1.807) is 0 Å². The number of hydrogen-bond donors (Lipinski definition) is 1. The molecule has 4 aromatic rings. The van der Waals surface area contributed by atoms with Gasteiger partial charge in [-0.25, -0.2) is 9.97 Å². The number of fused-ring (bicyclic) bond motifs is 2. The van der Waals surface area contributed by atoms with E-state index in [0.29, 0.717) is 0 Å². The highest BCUT2D eigenvalue weighted by Gasteiger charge is 2.07. The van der Waals surface area contributed by atoms with Gasteiger partial charge < -0.3 is 4.98 Å². The third-order valence-corrected chi connectivity index (χ3v) is 5.58. The summed E-state index contributed by atoms with van der Waals surface area (Å²) in [5, 5.41) is 1.30. The minimum Gasteiger partial charge on any atom is -0.361 e. The van der Waals surface area contributed by atoms with Crippen LogP contribution in [0, 0.1) is 0 Å². The molecule has 2 heterocycles. The highest BCUT2D eigenvalue weighted by Crippen LogP contribution is 2.21. The fourth-order valence-corrected chi connectivity index (χ4v) is 4.04. The van der Waals surface area contributed by atoms with Crippen LogP contribution in [0.2, 0.25) is 0 Å². The van der Waals surface area contributed by atoms with Crippen LogP contribution in [0.3, 0.4) is 0 Å². The second-order valence-corrected chi connectivity index (χ2v) is 7.46. The van der Waals surface area contributed by atoms with E-state index in [9.17, 15) is 0 Å². The standard InChI is InChI=1S/C25H23N3/c1-3-19-9-7-18(17-21(19)5-1)8-11-22-13-15-27-25(28-22)12-10-20-4-2-6-24-23(20)14-16-26-24/h1-2,4-7,9,13-17,26H,3,8,10-12H2. The first kappa shape index (κ1) is 16.9. The summed E-state index contributed by atoms with van der Waals surface area (Å²) >= 11 is 0. The van der Waals surface area contributed by atoms with Gasteiger partial charge >= 0.3 is 0 Å². The molecule has 2 aromatic heterocycles. The maximum Gasteiger partial charge on any atom is 0.128 e. The third-order valence-electron chi connectivity index (χ3n) is 5.58. The number of nitrogens with zero attached hydrogens (tertiary/aromatic N) is 2. The van der Waals surface area contributed by atoms with E-state index in [2.05, 4.69) is 64.6 Å². The topological polar surface area (TPSA) is 41.6 Å². The molecule has 5 rings (SSSR count). The molecule has 28 heavy (non-hydrogen) atoms. The summed E-state index contributed by atoms with van der Waals surface area (Å²) in [6, 6.07) is 17.4. The highest BCUT2D eigenvalue weighted by molar-refractivity contribution is 5.82. The second-order valence-electron chi connectivity index (χ2n) is 7.46. The van der Waals surface area contributed by atoms with Crippen molar-refractivity contribution in [2.75, 3.05) is 0 Å². The molecular weight excluding hydrogens is 342 g/mol. The van der Waals surface area contributed by atoms with E-state index >= 15 is 0 Å². The van der Waals surface area contributed by atoms with Crippen molar-refractivity contribution in [2.45, 2.75) is 32.1 Å². The zero-order valence-electron chi connectivity index (χ0n) is 15.9. The number of H-pyrrole nitrogens is 1. The van der Waals surface area contributed by atoms with Gasteiger partial charge in [-0.05, 0) is 66.1 Å². The predicted octanol–water partition coefficient (Wildman–Crippen LogP) is 5.10. The van der Waals surface area contributed by atoms with E-state index in [-0.39, 0.29) is 0 Å². The number of aryl methyl sites for hydroxylation is 4. The van der Waals surface area contributed by atoms with Crippen molar-refractivity contribution in [3.63, 3.8) is 0 Å². The molecule has 1 N–H and O–H groups in total. The monoisotopic (exact) mass is 365 g/mol. The summed E-state index contributed by atoms with van der Waals surface area (Å²) in [5.74, 6) is 0.932. The zero-order chi connectivity index (χ0) is 18.8. The molecule has 0 fully saturated rings. The Kier molecular flexibility index (Phi) is 4.50. The molecule has 1 aliphatic carbocycles. The molecule has 0 saturated heterocycles. The van der Waals surface area contributed by atoms with Crippen LogP contribution in [0.5, 0.6) is 0 Å². The minimum absolute atomic E-state index is 0.863. The zero-order valence-corrected chi connectivity index (χ0v) is 15.9. The quantitative estimate of drug-likeness (QED) is 0.517. The van der Waals surface area contributed by atoms with Crippen molar-refractivity contribution in [1.82, 2.24) is 15.0 Å². The van der Waals surface area contributed by atoms with Gasteiger partial charge in [-0.1, -0.05) is 42.5 Å². The number of aromatic amines is 1. The lowest BCUT2D eigenvalue weighted by atomic mass is 10.0. The third kappa shape index (κ3) is 3.48. The Bertz CT molecular complexity index is 1150. The summed E-state index contributed by atoms with van der Waals surface area (Å²) in [4.78, 5) is 12.6. The molecule has 2 aromatic carbocycles. The van der Waals surface area contributed by atoms with Crippen LogP contribution in [-0.2, 0) is 32.1 Å². The Balaban J connectivity index is 1.25. The van der Waals surface area contributed by atoms with Crippen LogP contribution in [-0.4, -0.2) is 15.0 Å². The molecule has 1 aliphatic rings. The number of rotatable bonds is 6. The van der Waals surface area contributed by atoms with Crippen molar-refractivity contribution in [3.8, 4) is 0 Å². The molecule has 0 bridgehead atoms. The number of nitrogens with one attached hydrogen (secondary N) is 1. The summed E-state index contributed by atoms with van der Waals surface area (Å²) in [6.07, 6.45) is 13.2. The minimum atomic E-state index is 0.863. The molecular formula is C25H23N3. The summed E-state index contributed by atoms with van der Waals surface area (Å²) in [6.45, 7) is 0. The number of benzene rings is 2. The molecule has 0 aliphatic heterocycles. The van der Waals surface area contributed by atoms with E-state index in [0.717, 1.165) is 43.6 Å². The first-order valence-corrected chi connectivity index (χ1v) is 9.99. The van der Waals surface area contributed by atoms with Crippen molar-refractivity contribution >= 4 is 17.0 Å². The van der Waals surface area contributed by atoms with Crippen LogP contribution >= 0.6 is 0 Å². The maximum absolute atomic E-state index is 4.81.